The van der Waals surface area contributed by atoms with Crippen LogP contribution >= 0.6 is 0 Å². The zero-order valence-electron chi connectivity index (χ0n) is 10.4. The van der Waals surface area contributed by atoms with Gasteiger partial charge in [-0.05, 0) is 52.0 Å². The molecule has 0 saturated carbocycles. The monoisotopic (exact) mass is 220 g/mol. The Balaban J connectivity index is 2.66. The molecule has 2 heteroatoms. The molecule has 1 atom stereocenters. The molecular formula is C14H20O2. The number of terminal acetylenes is 1. The van der Waals surface area contributed by atoms with Crippen molar-refractivity contribution in [1.29, 1.82) is 0 Å². The van der Waals surface area contributed by atoms with Gasteiger partial charge in [0, 0.05) is 0 Å². The molecule has 1 rings (SSSR count). The Hall–Kier alpha value is -1.23. The Morgan fingerprint density at radius 1 is 1.50 bits per heavy atom. The summed E-state index contributed by atoms with van der Waals surface area (Å²) < 4.78 is 5.36. The third-order valence-corrected chi connectivity index (χ3v) is 2.65. The van der Waals surface area contributed by atoms with Gasteiger partial charge in [-0.3, -0.25) is 4.79 Å². The van der Waals surface area contributed by atoms with E-state index < -0.39 is 11.5 Å². The van der Waals surface area contributed by atoms with Crippen molar-refractivity contribution in [2.45, 2.75) is 52.6 Å². The summed E-state index contributed by atoms with van der Waals surface area (Å²) in [6, 6.07) is 0. The van der Waals surface area contributed by atoms with E-state index in [2.05, 4.69) is 12.0 Å². The van der Waals surface area contributed by atoms with Crippen LogP contribution in [0.3, 0.4) is 0 Å². The minimum Gasteiger partial charge on any atom is -0.444 e. The molecule has 1 aliphatic rings. The largest absolute Gasteiger partial charge is 0.444 e. The summed E-state index contributed by atoms with van der Waals surface area (Å²) in [6.07, 6.45) is 11.4. The summed E-state index contributed by atoms with van der Waals surface area (Å²) in [5, 5.41) is 0. The summed E-state index contributed by atoms with van der Waals surface area (Å²) in [4.78, 5) is 11.7. The lowest BCUT2D eigenvalue weighted by atomic mass is 9.94. The first kappa shape index (κ1) is 12.8. The fourth-order valence-corrected chi connectivity index (χ4v) is 1.60. The number of rotatable bonds is 2. The Bertz CT molecular complexity index is 326. The van der Waals surface area contributed by atoms with Crippen molar-refractivity contribution in [2.75, 3.05) is 0 Å². The lowest BCUT2D eigenvalue weighted by Crippen LogP contribution is -2.29. The Morgan fingerprint density at radius 3 is 2.62 bits per heavy atom. The van der Waals surface area contributed by atoms with Gasteiger partial charge in [-0.25, -0.2) is 0 Å². The molecule has 0 aromatic heterocycles. The van der Waals surface area contributed by atoms with E-state index in [0.29, 0.717) is 0 Å². The molecule has 0 saturated heterocycles. The van der Waals surface area contributed by atoms with Gasteiger partial charge in [0.1, 0.15) is 0 Å². The molecule has 0 spiro atoms. The average molecular weight is 220 g/mol. The lowest BCUT2D eigenvalue weighted by molar-refractivity contribution is -0.154. The molecule has 0 N–H and O–H groups in total. The predicted octanol–water partition coefficient (Wildman–Crippen LogP) is 3.08. The first-order chi connectivity index (χ1) is 7.45. The van der Waals surface area contributed by atoms with Gasteiger partial charge in [0.15, 0.2) is 6.10 Å². The van der Waals surface area contributed by atoms with E-state index in [1.807, 2.05) is 20.8 Å². The van der Waals surface area contributed by atoms with Gasteiger partial charge in [0.05, 0.1) is 5.41 Å². The summed E-state index contributed by atoms with van der Waals surface area (Å²) in [5.41, 5.74) is 0.594. The third-order valence-electron chi connectivity index (χ3n) is 2.65. The Labute approximate surface area is 98.1 Å². The average Bonchev–Trinajstić information content (AvgIpc) is 2.25. The molecule has 0 aliphatic heterocycles. The predicted molar refractivity (Wildman–Crippen MR) is 64.7 cm³/mol. The number of carbonyl (C=O) groups excluding carboxylic acids is 1. The van der Waals surface area contributed by atoms with Crippen LogP contribution in [0.15, 0.2) is 11.6 Å². The van der Waals surface area contributed by atoms with Crippen molar-refractivity contribution in [3.05, 3.63) is 11.6 Å². The van der Waals surface area contributed by atoms with E-state index in [1.165, 1.54) is 6.42 Å². The molecule has 0 radical (unpaired) electrons. The van der Waals surface area contributed by atoms with E-state index in [0.717, 1.165) is 24.8 Å². The summed E-state index contributed by atoms with van der Waals surface area (Å²) in [7, 11) is 0. The highest BCUT2D eigenvalue weighted by Crippen LogP contribution is 2.24. The van der Waals surface area contributed by atoms with Gasteiger partial charge in [-0.15, -0.1) is 6.42 Å². The Morgan fingerprint density at radius 2 is 2.19 bits per heavy atom. The van der Waals surface area contributed by atoms with Gasteiger partial charge in [0.25, 0.3) is 0 Å². The maximum absolute atomic E-state index is 11.7. The first-order valence-corrected chi connectivity index (χ1v) is 5.81. The topological polar surface area (TPSA) is 26.3 Å². The van der Waals surface area contributed by atoms with Crippen molar-refractivity contribution in [1.82, 2.24) is 0 Å². The van der Waals surface area contributed by atoms with Crippen LogP contribution in [-0.4, -0.2) is 12.1 Å². The van der Waals surface area contributed by atoms with Crippen LogP contribution in [-0.2, 0) is 9.53 Å². The van der Waals surface area contributed by atoms with Gasteiger partial charge < -0.3 is 4.74 Å². The summed E-state index contributed by atoms with van der Waals surface area (Å²) in [5.74, 6) is 2.33. The highest BCUT2D eigenvalue weighted by Gasteiger charge is 2.27. The molecule has 1 unspecified atom stereocenters. The molecule has 0 fully saturated rings. The van der Waals surface area contributed by atoms with Crippen LogP contribution in [0.4, 0.5) is 0 Å². The molecule has 2 nitrogen and oxygen atoms in total. The van der Waals surface area contributed by atoms with Crippen LogP contribution in [0.25, 0.3) is 0 Å². The lowest BCUT2D eigenvalue weighted by Gasteiger charge is -2.23. The molecule has 1 aliphatic carbocycles. The highest BCUT2D eigenvalue weighted by molar-refractivity contribution is 5.76. The van der Waals surface area contributed by atoms with Crippen LogP contribution in [0, 0.1) is 17.8 Å². The number of hydrogen-bond acceptors (Lipinski definition) is 2. The number of ether oxygens (including phenoxy) is 1. The second-order valence-corrected chi connectivity index (χ2v) is 5.23. The van der Waals surface area contributed by atoms with E-state index in [4.69, 9.17) is 11.2 Å². The second-order valence-electron chi connectivity index (χ2n) is 5.23. The van der Waals surface area contributed by atoms with E-state index in [9.17, 15) is 4.79 Å². The molecule has 0 aromatic carbocycles. The van der Waals surface area contributed by atoms with Crippen molar-refractivity contribution in [2.24, 2.45) is 5.41 Å². The third kappa shape index (κ3) is 3.41. The molecule has 88 valence electrons. The molecule has 0 amide bonds. The maximum Gasteiger partial charge on any atom is 0.312 e. The first-order valence-electron chi connectivity index (χ1n) is 5.81. The fraction of sp³-hybridized carbons (Fsp3) is 0.643. The van der Waals surface area contributed by atoms with Crippen molar-refractivity contribution >= 4 is 5.97 Å². The van der Waals surface area contributed by atoms with E-state index >= 15 is 0 Å². The molecule has 0 bridgehead atoms. The maximum atomic E-state index is 11.7. The molecule has 0 heterocycles. The smallest absolute Gasteiger partial charge is 0.312 e. The number of carbonyl (C=O) groups is 1. The van der Waals surface area contributed by atoms with Crippen LogP contribution in [0.2, 0.25) is 0 Å². The highest BCUT2D eigenvalue weighted by atomic mass is 16.5. The van der Waals surface area contributed by atoms with Crippen LogP contribution < -0.4 is 0 Å². The van der Waals surface area contributed by atoms with Crippen LogP contribution in [0.5, 0.6) is 0 Å². The SMILES string of the molecule is C#CC(OC(=O)C(C)(C)C)C1=CCCCC1. The number of hydrogen-bond donors (Lipinski definition) is 0. The van der Waals surface area contributed by atoms with Crippen LogP contribution in [0.1, 0.15) is 46.5 Å². The summed E-state index contributed by atoms with van der Waals surface area (Å²) >= 11 is 0. The zero-order valence-corrected chi connectivity index (χ0v) is 10.4. The number of allylic oxidation sites excluding steroid dienone is 1. The van der Waals surface area contributed by atoms with Gasteiger partial charge >= 0.3 is 5.97 Å². The second kappa shape index (κ2) is 5.21. The molecule has 16 heavy (non-hydrogen) atoms. The van der Waals surface area contributed by atoms with Crippen molar-refractivity contribution < 1.29 is 9.53 Å². The zero-order chi connectivity index (χ0) is 12.2. The quantitative estimate of drug-likeness (QED) is 0.406. The van der Waals surface area contributed by atoms with E-state index in [1.54, 1.807) is 0 Å². The minimum absolute atomic E-state index is 0.234. The van der Waals surface area contributed by atoms with Gasteiger partial charge in [0.2, 0.25) is 0 Å². The Kier molecular flexibility index (Phi) is 4.18. The molecular weight excluding hydrogens is 200 g/mol. The summed E-state index contributed by atoms with van der Waals surface area (Å²) in [6.45, 7) is 5.49. The number of esters is 1. The van der Waals surface area contributed by atoms with Gasteiger partial charge in [-0.1, -0.05) is 12.0 Å². The molecule has 0 aromatic rings. The minimum atomic E-state index is -0.496. The van der Waals surface area contributed by atoms with E-state index in [-0.39, 0.29) is 5.97 Å². The van der Waals surface area contributed by atoms with Crippen molar-refractivity contribution in [3.63, 3.8) is 0 Å². The van der Waals surface area contributed by atoms with Gasteiger partial charge in [-0.2, -0.15) is 0 Å². The normalized spacial score (nSPS) is 18.2. The van der Waals surface area contributed by atoms with Crippen molar-refractivity contribution in [3.8, 4) is 12.3 Å². The standard InChI is InChI=1S/C14H20O2/c1-5-12(11-9-7-6-8-10-11)16-13(15)14(2,3)4/h1,9,12H,6-8,10H2,2-4H3. The fourth-order valence-electron chi connectivity index (χ4n) is 1.60.